The quantitative estimate of drug-likeness (QED) is 0.312. The summed E-state index contributed by atoms with van der Waals surface area (Å²) in [5.74, 6) is 0.246. The van der Waals surface area contributed by atoms with Gasteiger partial charge in [0.15, 0.2) is 0 Å². The van der Waals surface area contributed by atoms with Crippen molar-refractivity contribution in [1.29, 1.82) is 0 Å². The number of amides is 1. The Balaban J connectivity index is 1.65. The maximum atomic E-state index is 13.0. The van der Waals surface area contributed by atoms with Gasteiger partial charge < -0.3 is 24.2 Å². The second kappa shape index (κ2) is 10.1. The smallest absolute Gasteiger partial charge is 0.295 e. The van der Waals surface area contributed by atoms with Crippen LogP contribution in [-0.4, -0.2) is 54.1 Å². The number of ether oxygens (including phenoxy) is 3. The summed E-state index contributed by atoms with van der Waals surface area (Å²) >= 11 is 0. The summed E-state index contributed by atoms with van der Waals surface area (Å²) < 4.78 is 16.2. The maximum Gasteiger partial charge on any atom is 0.295 e. The molecule has 1 atom stereocenters. The highest BCUT2D eigenvalue weighted by Gasteiger charge is 2.46. The van der Waals surface area contributed by atoms with Crippen LogP contribution in [0.5, 0.6) is 17.2 Å². The van der Waals surface area contributed by atoms with Gasteiger partial charge in [-0.15, -0.1) is 0 Å². The van der Waals surface area contributed by atoms with E-state index >= 15 is 0 Å². The standard InChI is InChI=1S/C26H24N2O6/c1-32-19-5-3-17(4-6-19)23-22(24(29)18-11-13-27-14-12-18)25(30)26(31)28(23)15-16-34-21-9-7-20(33-2)8-10-21/h3-14,23,29H,15-16H2,1-2H3/b24-22-. The molecule has 1 N–H and O–H groups in total. The van der Waals surface area contributed by atoms with Crippen molar-refractivity contribution in [3.05, 3.63) is 89.8 Å². The number of aromatic nitrogens is 1. The summed E-state index contributed by atoms with van der Waals surface area (Å²) in [7, 11) is 3.14. The second-order valence-corrected chi connectivity index (χ2v) is 7.53. The molecule has 1 aromatic heterocycles. The zero-order valence-electron chi connectivity index (χ0n) is 18.8. The van der Waals surface area contributed by atoms with Gasteiger partial charge in [-0.05, 0) is 54.1 Å². The topological polar surface area (TPSA) is 98.2 Å². The molecule has 8 nitrogen and oxygen atoms in total. The number of aliphatic hydroxyl groups excluding tert-OH is 1. The van der Waals surface area contributed by atoms with E-state index in [1.54, 1.807) is 74.9 Å². The Morgan fingerprint density at radius 3 is 2.03 bits per heavy atom. The minimum Gasteiger partial charge on any atom is -0.507 e. The number of benzene rings is 2. The van der Waals surface area contributed by atoms with Crippen LogP contribution in [0.25, 0.3) is 5.76 Å². The highest BCUT2D eigenvalue weighted by atomic mass is 16.5. The van der Waals surface area contributed by atoms with E-state index in [2.05, 4.69) is 4.98 Å². The third-order valence-corrected chi connectivity index (χ3v) is 5.59. The van der Waals surface area contributed by atoms with Crippen molar-refractivity contribution in [2.45, 2.75) is 6.04 Å². The predicted octanol–water partition coefficient (Wildman–Crippen LogP) is 3.60. The molecule has 4 rings (SSSR count). The summed E-state index contributed by atoms with van der Waals surface area (Å²) in [6.45, 7) is 0.293. The van der Waals surface area contributed by atoms with Gasteiger partial charge in [-0.3, -0.25) is 14.6 Å². The summed E-state index contributed by atoms with van der Waals surface area (Å²) in [5.41, 5.74) is 1.09. The Kier molecular flexibility index (Phi) is 6.77. The number of carbonyl (C=O) groups excluding carboxylic acids is 2. The Morgan fingerprint density at radius 2 is 1.44 bits per heavy atom. The van der Waals surface area contributed by atoms with Gasteiger partial charge in [-0.25, -0.2) is 0 Å². The van der Waals surface area contributed by atoms with Crippen LogP contribution in [0.4, 0.5) is 0 Å². The van der Waals surface area contributed by atoms with Gasteiger partial charge >= 0.3 is 0 Å². The normalized spacial score (nSPS) is 17.0. The van der Waals surface area contributed by atoms with E-state index in [4.69, 9.17) is 14.2 Å². The Labute approximate surface area is 197 Å². The molecule has 174 valence electrons. The number of hydrogen-bond acceptors (Lipinski definition) is 7. The van der Waals surface area contributed by atoms with Crippen LogP contribution in [0.2, 0.25) is 0 Å². The van der Waals surface area contributed by atoms with E-state index in [1.165, 1.54) is 17.3 Å². The van der Waals surface area contributed by atoms with Gasteiger partial charge in [0, 0.05) is 18.0 Å². The molecule has 0 radical (unpaired) electrons. The minimum absolute atomic E-state index is 0.0193. The minimum atomic E-state index is -0.779. The fourth-order valence-electron chi connectivity index (χ4n) is 3.84. The lowest BCUT2D eigenvalue weighted by Gasteiger charge is -2.25. The largest absolute Gasteiger partial charge is 0.507 e. The number of Topliss-reactive ketones (excluding diaryl/α,β-unsaturated/α-hetero) is 1. The molecule has 1 aliphatic rings. The average molecular weight is 460 g/mol. The van der Waals surface area contributed by atoms with Crippen molar-refractivity contribution in [2.75, 3.05) is 27.4 Å². The van der Waals surface area contributed by atoms with Crippen LogP contribution in [0.3, 0.4) is 0 Å². The number of aliphatic hydroxyl groups is 1. The zero-order valence-corrected chi connectivity index (χ0v) is 18.8. The molecule has 1 saturated heterocycles. The van der Waals surface area contributed by atoms with Gasteiger partial charge in [0.05, 0.1) is 32.4 Å². The van der Waals surface area contributed by atoms with Gasteiger partial charge in [-0.2, -0.15) is 0 Å². The van der Waals surface area contributed by atoms with Crippen molar-refractivity contribution in [3.8, 4) is 17.2 Å². The van der Waals surface area contributed by atoms with Crippen LogP contribution in [-0.2, 0) is 9.59 Å². The molecule has 0 saturated carbocycles. The second-order valence-electron chi connectivity index (χ2n) is 7.53. The fourth-order valence-corrected chi connectivity index (χ4v) is 3.84. The van der Waals surface area contributed by atoms with Crippen molar-refractivity contribution >= 4 is 17.4 Å². The number of hydrogen-bond donors (Lipinski definition) is 1. The lowest BCUT2D eigenvalue weighted by molar-refractivity contribution is -0.140. The number of methoxy groups -OCH3 is 2. The summed E-state index contributed by atoms with van der Waals surface area (Å²) in [6.07, 6.45) is 3.02. The molecule has 1 fully saturated rings. The molecule has 34 heavy (non-hydrogen) atoms. The molecule has 3 aromatic rings. The van der Waals surface area contributed by atoms with E-state index in [1.807, 2.05) is 0 Å². The van der Waals surface area contributed by atoms with Crippen LogP contribution in [0.15, 0.2) is 78.6 Å². The lowest BCUT2D eigenvalue weighted by atomic mass is 9.95. The number of nitrogens with zero attached hydrogens (tertiary/aromatic N) is 2. The Bertz CT molecular complexity index is 1190. The fraction of sp³-hybridized carbons (Fsp3) is 0.192. The number of rotatable bonds is 8. The first-order valence-electron chi connectivity index (χ1n) is 10.6. The molecule has 1 unspecified atom stereocenters. The van der Waals surface area contributed by atoms with E-state index in [0.717, 1.165) is 0 Å². The molecular weight excluding hydrogens is 436 g/mol. The molecule has 8 heteroatoms. The molecule has 0 bridgehead atoms. The van der Waals surface area contributed by atoms with E-state index in [0.29, 0.717) is 28.4 Å². The number of pyridine rings is 1. The van der Waals surface area contributed by atoms with Crippen LogP contribution >= 0.6 is 0 Å². The van der Waals surface area contributed by atoms with Crippen molar-refractivity contribution in [1.82, 2.24) is 9.88 Å². The summed E-state index contributed by atoms with van der Waals surface area (Å²) in [6, 6.07) is 16.5. The summed E-state index contributed by atoms with van der Waals surface area (Å²) in [5, 5.41) is 11.0. The molecule has 2 heterocycles. The average Bonchev–Trinajstić information content (AvgIpc) is 3.14. The zero-order chi connectivity index (χ0) is 24.1. The Hall–Kier alpha value is -4.33. The van der Waals surface area contributed by atoms with E-state index in [-0.39, 0.29) is 24.5 Å². The number of carbonyl (C=O) groups is 2. The molecule has 0 spiro atoms. The predicted molar refractivity (Wildman–Crippen MR) is 125 cm³/mol. The summed E-state index contributed by atoms with van der Waals surface area (Å²) in [4.78, 5) is 31.4. The van der Waals surface area contributed by atoms with Crippen LogP contribution in [0, 0.1) is 0 Å². The molecule has 1 amide bonds. The lowest BCUT2D eigenvalue weighted by Crippen LogP contribution is -2.33. The molecule has 2 aromatic carbocycles. The van der Waals surface area contributed by atoms with E-state index < -0.39 is 17.7 Å². The number of likely N-dealkylation sites (tertiary alicyclic amines) is 1. The number of ketones is 1. The Morgan fingerprint density at radius 1 is 0.882 bits per heavy atom. The molecule has 0 aliphatic carbocycles. The van der Waals surface area contributed by atoms with Crippen LogP contribution < -0.4 is 14.2 Å². The highest BCUT2D eigenvalue weighted by molar-refractivity contribution is 6.46. The van der Waals surface area contributed by atoms with Crippen molar-refractivity contribution < 1.29 is 28.9 Å². The highest BCUT2D eigenvalue weighted by Crippen LogP contribution is 2.39. The third kappa shape index (κ3) is 4.56. The van der Waals surface area contributed by atoms with Gasteiger partial charge in [-0.1, -0.05) is 12.1 Å². The van der Waals surface area contributed by atoms with Crippen LogP contribution in [0.1, 0.15) is 17.2 Å². The SMILES string of the molecule is COc1ccc(OCCN2C(=O)C(=O)/C(=C(\O)c3ccncc3)C2c2ccc(OC)cc2)cc1. The van der Waals surface area contributed by atoms with E-state index in [9.17, 15) is 14.7 Å². The van der Waals surface area contributed by atoms with Gasteiger partial charge in [0.2, 0.25) is 0 Å². The van der Waals surface area contributed by atoms with Crippen molar-refractivity contribution in [3.63, 3.8) is 0 Å². The first-order valence-corrected chi connectivity index (χ1v) is 10.6. The van der Waals surface area contributed by atoms with Gasteiger partial charge in [0.1, 0.15) is 29.6 Å². The van der Waals surface area contributed by atoms with Gasteiger partial charge in [0.25, 0.3) is 11.7 Å². The first-order chi connectivity index (χ1) is 16.5. The third-order valence-electron chi connectivity index (χ3n) is 5.59. The van der Waals surface area contributed by atoms with Crippen molar-refractivity contribution in [2.24, 2.45) is 0 Å². The molecule has 1 aliphatic heterocycles. The monoisotopic (exact) mass is 460 g/mol. The first kappa shape index (κ1) is 22.8. The molecular formula is C26H24N2O6. The maximum absolute atomic E-state index is 13.0.